The number of thiazole rings is 1. The maximum Gasteiger partial charge on any atom is 0.183 e. The van der Waals surface area contributed by atoms with Crippen LogP contribution in [0.4, 0.5) is 10.1 Å². The minimum atomic E-state index is -0.306. The zero-order valence-electron chi connectivity index (χ0n) is 11.2. The highest BCUT2D eigenvalue weighted by Crippen LogP contribution is 2.21. The van der Waals surface area contributed by atoms with Crippen molar-refractivity contribution in [1.82, 2.24) is 14.5 Å². The SMILES string of the molecule is Cc1cn(-c2ccc(NCc3cnc(Cl)s3)cc2F)cn1. The normalized spacial score (nSPS) is 10.8. The van der Waals surface area contributed by atoms with Gasteiger partial charge in [0, 0.05) is 23.0 Å². The fraction of sp³-hybridized carbons (Fsp3) is 0.143. The molecule has 0 saturated heterocycles. The minimum Gasteiger partial charge on any atom is -0.380 e. The monoisotopic (exact) mass is 322 g/mol. The molecule has 0 aliphatic carbocycles. The van der Waals surface area contributed by atoms with Crippen LogP contribution in [-0.4, -0.2) is 14.5 Å². The van der Waals surface area contributed by atoms with E-state index < -0.39 is 0 Å². The molecule has 0 saturated carbocycles. The first-order chi connectivity index (χ1) is 10.1. The Bertz CT molecular complexity index is 768. The average molecular weight is 323 g/mol. The van der Waals surface area contributed by atoms with E-state index in [0.29, 0.717) is 22.4 Å². The van der Waals surface area contributed by atoms with Gasteiger partial charge < -0.3 is 9.88 Å². The van der Waals surface area contributed by atoms with Crippen molar-refractivity contribution in [3.05, 3.63) is 57.8 Å². The van der Waals surface area contributed by atoms with E-state index in [1.54, 1.807) is 29.4 Å². The Morgan fingerprint density at radius 1 is 1.38 bits per heavy atom. The molecule has 3 rings (SSSR count). The van der Waals surface area contributed by atoms with Crippen molar-refractivity contribution < 1.29 is 4.39 Å². The third-order valence-corrected chi connectivity index (χ3v) is 4.04. The summed E-state index contributed by atoms with van der Waals surface area (Å²) in [7, 11) is 0. The second-order valence-electron chi connectivity index (χ2n) is 4.52. The molecule has 4 nitrogen and oxygen atoms in total. The van der Waals surface area contributed by atoms with Crippen LogP contribution in [0.15, 0.2) is 36.9 Å². The lowest BCUT2D eigenvalue weighted by Gasteiger charge is -2.08. The van der Waals surface area contributed by atoms with Crippen LogP contribution in [0.5, 0.6) is 0 Å². The fourth-order valence-corrected chi connectivity index (χ4v) is 2.85. The van der Waals surface area contributed by atoms with E-state index >= 15 is 0 Å². The van der Waals surface area contributed by atoms with Gasteiger partial charge in [-0.05, 0) is 25.1 Å². The van der Waals surface area contributed by atoms with E-state index in [9.17, 15) is 4.39 Å². The van der Waals surface area contributed by atoms with Crippen molar-refractivity contribution in [3.63, 3.8) is 0 Å². The number of rotatable bonds is 4. The fourth-order valence-electron chi connectivity index (χ4n) is 1.93. The van der Waals surface area contributed by atoms with Crippen LogP contribution in [0.2, 0.25) is 4.47 Å². The maximum atomic E-state index is 14.2. The number of halogens is 2. The Labute approximate surface area is 130 Å². The summed E-state index contributed by atoms with van der Waals surface area (Å²) in [5, 5.41) is 3.15. The maximum absolute atomic E-state index is 14.2. The molecule has 108 valence electrons. The summed E-state index contributed by atoms with van der Waals surface area (Å²) in [5.74, 6) is -0.306. The number of hydrogen-bond acceptors (Lipinski definition) is 4. The zero-order valence-corrected chi connectivity index (χ0v) is 12.7. The van der Waals surface area contributed by atoms with Gasteiger partial charge in [0.25, 0.3) is 0 Å². The topological polar surface area (TPSA) is 42.7 Å². The lowest BCUT2D eigenvalue weighted by Crippen LogP contribution is -2.00. The molecule has 0 aliphatic heterocycles. The number of anilines is 1. The minimum absolute atomic E-state index is 0.306. The summed E-state index contributed by atoms with van der Waals surface area (Å²) in [6.45, 7) is 2.43. The molecule has 2 aromatic heterocycles. The van der Waals surface area contributed by atoms with Gasteiger partial charge in [0.05, 0.1) is 24.3 Å². The van der Waals surface area contributed by atoms with Crippen LogP contribution in [0, 0.1) is 12.7 Å². The summed E-state index contributed by atoms with van der Waals surface area (Å²) >= 11 is 7.17. The lowest BCUT2D eigenvalue weighted by atomic mass is 10.2. The Balaban J connectivity index is 1.75. The van der Waals surface area contributed by atoms with Crippen LogP contribution < -0.4 is 5.32 Å². The highest BCUT2D eigenvalue weighted by molar-refractivity contribution is 7.15. The molecule has 2 heterocycles. The van der Waals surface area contributed by atoms with E-state index in [1.807, 2.05) is 13.0 Å². The highest BCUT2D eigenvalue weighted by atomic mass is 35.5. The number of nitrogens with one attached hydrogen (secondary N) is 1. The van der Waals surface area contributed by atoms with Gasteiger partial charge in [-0.2, -0.15) is 0 Å². The van der Waals surface area contributed by atoms with Gasteiger partial charge in [-0.25, -0.2) is 14.4 Å². The first kappa shape index (κ1) is 14.0. The molecule has 3 aromatic rings. The molecule has 0 bridgehead atoms. The first-order valence-corrected chi connectivity index (χ1v) is 7.46. The molecule has 1 N–H and O–H groups in total. The van der Waals surface area contributed by atoms with E-state index in [1.165, 1.54) is 17.4 Å². The van der Waals surface area contributed by atoms with Gasteiger partial charge in [-0.1, -0.05) is 11.6 Å². The van der Waals surface area contributed by atoms with E-state index in [-0.39, 0.29) is 5.82 Å². The van der Waals surface area contributed by atoms with Gasteiger partial charge in [-0.15, -0.1) is 11.3 Å². The molecule has 0 unspecified atom stereocenters. The number of aromatic nitrogens is 3. The molecular weight excluding hydrogens is 311 g/mol. The van der Waals surface area contributed by atoms with Gasteiger partial charge >= 0.3 is 0 Å². The van der Waals surface area contributed by atoms with Crippen molar-refractivity contribution >= 4 is 28.6 Å². The third kappa shape index (κ3) is 3.22. The van der Waals surface area contributed by atoms with Crippen molar-refractivity contribution in [1.29, 1.82) is 0 Å². The van der Waals surface area contributed by atoms with E-state index in [4.69, 9.17) is 11.6 Å². The predicted molar refractivity (Wildman–Crippen MR) is 82.7 cm³/mol. The van der Waals surface area contributed by atoms with Crippen LogP contribution in [0.1, 0.15) is 10.6 Å². The summed E-state index contributed by atoms with van der Waals surface area (Å²) in [6, 6.07) is 5.02. The Hall–Kier alpha value is -1.92. The Kier molecular flexibility index (Phi) is 3.90. The summed E-state index contributed by atoms with van der Waals surface area (Å²) in [5.41, 5.74) is 2.03. The van der Waals surface area contributed by atoms with Crippen LogP contribution >= 0.6 is 22.9 Å². The second-order valence-corrected chi connectivity index (χ2v) is 6.22. The first-order valence-electron chi connectivity index (χ1n) is 6.26. The number of aryl methyl sites for hydroxylation is 1. The molecular formula is C14H12ClFN4S. The van der Waals surface area contributed by atoms with Crippen LogP contribution in [0.3, 0.4) is 0 Å². The number of benzene rings is 1. The van der Waals surface area contributed by atoms with Crippen molar-refractivity contribution in [2.24, 2.45) is 0 Å². The summed E-state index contributed by atoms with van der Waals surface area (Å²) in [4.78, 5) is 9.05. The molecule has 21 heavy (non-hydrogen) atoms. The largest absolute Gasteiger partial charge is 0.380 e. The molecule has 0 aliphatic rings. The molecule has 0 spiro atoms. The van der Waals surface area contributed by atoms with E-state index in [2.05, 4.69) is 15.3 Å². The van der Waals surface area contributed by atoms with Gasteiger partial charge in [0.15, 0.2) is 4.47 Å². The van der Waals surface area contributed by atoms with Gasteiger partial charge in [0.1, 0.15) is 5.82 Å². The Morgan fingerprint density at radius 3 is 2.86 bits per heavy atom. The molecule has 0 radical (unpaired) electrons. The van der Waals surface area contributed by atoms with Crippen molar-refractivity contribution in [2.75, 3.05) is 5.32 Å². The highest BCUT2D eigenvalue weighted by Gasteiger charge is 2.07. The molecule has 0 atom stereocenters. The molecule has 0 amide bonds. The predicted octanol–water partition coefficient (Wildman–Crippen LogP) is 4.04. The van der Waals surface area contributed by atoms with Gasteiger partial charge in [0.2, 0.25) is 0 Å². The lowest BCUT2D eigenvalue weighted by molar-refractivity contribution is 0.618. The standard InChI is InChI=1S/C14H12ClFN4S/c1-9-7-20(8-19-9)13-3-2-10(4-12(13)16)17-5-11-6-18-14(15)21-11/h2-4,6-8,17H,5H2,1H3. The van der Waals surface area contributed by atoms with E-state index in [0.717, 1.165) is 10.6 Å². The summed E-state index contributed by atoms with van der Waals surface area (Å²) < 4.78 is 16.3. The summed E-state index contributed by atoms with van der Waals surface area (Å²) in [6.07, 6.45) is 5.09. The van der Waals surface area contributed by atoms with Crippen molar-refractivity contribution in [2.45, 2.75) is 13.5 Å². The number of imidazole rings is 1. The average Bonchev–Trinajstić information content (AvgIpc) is 3.05. The quantitative estimate of drug-likeness (QED) is 0.788. The van der Waals surface area contributed by atoms with Crippen LogP contribution in [0.25, 0.3) is 5.69 Å². The number of hydrogen-bond donors (Lipinski definition) is 1. The molecule has 0 fully saturated rings. The number of nitrogens with zero attached hydrogens (tertiary/aromatic N) is 3. The van der Waals surface area contributed by atoms with Crippen molar-refractivity contribution in [3.8, 4) is 5.69 Å². The second kappa shape index (κ2) is 5.83. The smallest absolute Gasteiger partial charge is 0.183 e. The molecule has 7 heteroatoms. The third-order valence-electron chi connectivity index (χ3n) is 2.93. The van der Waals surface area contributed by atoms with Gasteiger partial charge in [-0.3, -0.25) is 0 Å². The zero-order chi connectivity index (χ0) is 14.8. The van der Waals surface area contributed by atoms with Crippen LogP contribution in [-0.2, 0) is 6.54 Å². The Morgan fingerprint density at radius 2 is 2.24 bits per heavy atom. The molecule has 1 aromatic carbocycles.